The van der Waals surface area contributed by atoms with Crippen molar-refractivity contribution in [1.29, 1.82) is 0 Å². The highest BCUT2D eigenvalue weighted by atomic mass is 15.3. The summed E-state index contributed by atoms with van der Waals surface area (Å²) >= 11 is 0. The van der Waals surface area contributed by atoms with E-state index in [1.807, 2.05) is 6.20 Å². The van der Waals surface area contributed by atoms with Gasteiger partial charge >= 0.3 is 0 Å². The monoisotopic (exact) mass is 209 g/mol. The molecule has 1 N–H and O–H groups in total. The molecule has 0 spiro atoms. The van der Waals surface area contributed by atoms with Gasteiger partial charge in [-0.1, -0.05) is 27.2 Å². The van der Waals surface area contributed by atoms with E-state index in [1.165, 1.54) is 18.5 Å². The van der Waals surface area contributed by atoms with Crippen LogP contribution in [0.4, 0.5) is 0 Å². The van der Waals surface area contributed by atoms with Gasteiger partial charge in [0.1, 0.15) is 0 Å². The van der Waals surface area contributed by atoms with Gasteiger partial charge in [-0.25, -0.2) is 0 Å². The lowest BCUT2D eigenvalue weighted by Gasteiger charge is -2.18. The zero-order valence-corrected chi connectivity index (χ0v) is 10.2. The van der Waals surface area contributed by atoms with Gasteiger partial charge in [-0.05, 0) is 25.5 Å². The van der Waals surface area contributed by atoms with E-state index in [2.05, 4.69) is 41.9 Å². The fraction of sp³-hybridized carbons (Fsp3) is 0.750. The first kappa shape index (κ1) is 12.2. The van der Waals surface area contributed by atoms with Gasteiger partial charge in [0.25, 0.3) is 0 Å². The molecular weight excluding hydrogens is 186 g/mol. The number of aryl methyl sites for hydroxylation is 1. The average molecular weight is 209 g/mol. The zero-order valence-electron chi connectivity index (χ0n) is 10.2. The van der Waals surface area contributed by atoms with Gasteiger partial charge in [0.2, 0.25) is 0 Å². The van der Waals surface area contributed by atoms with Crippen LogP contribution in [0.3, 0.4) is 0 Å². The van der Waals surface area contributed by atoms with Crippen molar-refractivity contribution in [2.75, 3.05) is 6.54 Å². The Bertz CT molecular complexity index is 262. The predicted octanol–water partition coefficient (Wildman–Crippen LogP) is 2.74. The highest BCUT2D eigenvalue weighted by Gasteiger charge is 2.13. The van der Waals surface area contributed by atoms with E-state index in [-0.39, 0.29) is 0 Å². The molecule has 3 nitrogen and oxygen atoms in total. The van der Waals surface area contributed by atoms with Gasteiger partial charge in [0, 0.05) is 18.8 Å². The summed E-state index contributed by atoms with van der Waals surface area (Å²) in [6, 6.07) is 2.60. The van der Waals surface area contributed by atoms with E-state index in [1.54, 1.807) is 0 Å². The standard InChI is InChI=1S/C12H23N3/c1-4-7-11(13-6-3)12-8-9-14-15(12)10-5-2/h8-9,11,13H,4-7,10H2,1-3H3. The fourth-order valence-corrected chi connectivity index (χ4v) is 1.93. The molecule has 0 fully saturated rings. The lowest BCUT2D eigenvalue weighted by Crippen LogP contribution is -2.23. The zero-order chi connectivity index (χ0) is 11.1. The van der Waals surface area contributed by atoms with E-state index < -0.39 is 0 Å². The molecule has 0 aromatic carbocycles. The third-order valence-electron chi connectivity index (χ3n) is 2.57. The number of aromatic nitrogens is 2. The molecule has 15 heavy (non-hydrogen) atoms. The highest BCUT2D eigenvalue weighted by Crippen LogP contribution is 2.18. The molecule has 0 bridgehead atoms. The van der Waals surface area contributed by atoms with Crippen LogP contribution in [0, 0.1) is 0 Å². The maximum Gasteiger partial charge on any atom is 0.0553 e. The number of nitrogens with one attached hydrogen (secondary N) is 1. The normalized spacial score (nSPS) is 13.0. The van der Waals surface area contributed by atoms with Crippen LogP contribution in [0.1, 0.15) is 51.8 Å². The SMILES string of the molecule is CCCC(NCC)c1ccnn1CCC. The first-order valence-electron chi connectivity index (χ1n) is 6.08. The van der Waals surface area contributed by atoms with Crippen molar-refractivity contribution in [3.8, 4) is 0 Å². The van der Waals surface area contributed by atoms with E-state index in [4.69, 9.17) is 0 Å². The molecule has 86 valence electrons. The van der Waals surface area contributed by atoms with E-state index in [0.717, 1.165) is 19.5 Å². The number of nitrogens with zero attached hydrogens (tertiary/aromatic N) is 2. The second-order valence-corrected chi connectivity index (χ2v) is 3.88. The topological polar surface area (TPSA) is 29.9 Å². The van der Waals surface area contributed by atoms with Gasteiger partial charge in [-0.15, -0.1) is 0 Å². The van der Waals surface area contributed by atoms with Crippen molar-refractivity contribution in [1.82, 2.24) is 15.1 Å². The maximum atomic E-state index is 4.37. The second-order valence-electron chi connectivity index (χ2n) is 3.88. The number of rotatable bonds is 7. The molecule has 0 aliphatic carbocycles. The summed E-state index contributed by atoms with van der Waals surface area (Å²) in [6.45, 7) is 8.61. The Balaban J connectivity index is 2.74. The lowest BCUT2D eigenvalue weighted by atomic mass is 10.1. The fourth-order valence-electron chi connectivity index (χ4n) is 1.93. The molecule has 0 saturated carbocycles. The molecule has 1 aromatic heterocycles. The number of hydrogen-bond acceptors (Lipinski definition) is 2. The molecule has 0 amide bonds. The summed E-state index contributed by atoms with van der Waals surface area (Å²) in [5, 5.41) is 7.89. The van der Waals surface area contributed by atoms with Gasteiger partial charge in [0.15, 0.2) is 0 Å². The highest BCUT2D eigenvalue weighted by molar-refractivity contribution is 5.06. The minimum absolute atomic E-state index is 0.467. The summed E-state index contributed by atoms with van der Waals surface area (Å²) in [5.74, 6) is 0. The van der Waals surface area contributed by atoms with Crippen LogP contribution in [-0.4, -0.2) is 16.3 Å². The summed E-state index contributed by atoms with van der Waals surface area (Å²) < 4.78 is 2.13. The van der Waals surface area contributed by atoms with Crippen molar-refractivity contribution >= 4 is 0 Å². The molecule has 1 rings (SSSR count). The first-order chi connectivity index (χ1) is 7.33. The third kappa shape index (κ3) is 3.34. The smallest absolute Gasteiger partial charge is 0.0553 e. The Kier molecular flexibility index (Phi) is 5.40. The van der Waals surface area contributed by atoms with Gasteiger partial charge in [-0.3, -0.25) is 4.68 Å². The van der Waals surface area contributed by atoms with Crippen LogP contribution >= 0.6 is 0 Å². The van der Waals surface area contributed by atoms with E-state index >= 15 is 0 Å². The van der Waals surface area contributed by atoms with Crippen molar-refractivity contribution < 1.29 is 0 Å². The Morgan fingerprint density at radius 1 is 1.33 bits per heavy atom. The maximum absolute atomic E-state index is 4.37. The largest absolute Gasteiger partial charge is 0.309 e. The minimum Gasteiger partial charge on any atom is -0.309 e. The number of hydrogen-bond donors (Lipinski definition) is 1. The molecule has 0 radical (unpaired) electrons. The van der Waals surface area contributed by atoms with Gasteiger partial charge in [-0.2, -0.15) is 5.10 Å². The van der Waals surface area contributed by atoms with E-state index in [9.17, 15) is 0 Å². The molecule has 0 aliphatic rings. The summed E-state index contributed by atoms with van der Waals surface area (Å²) in [7, 11) is 0. The predicted molar refractivity (Wildman–Crippen MR) is 63.8 cm³/mol. The summed E-state index contributed by atoms with van der Waals surface area (Å²) in [6.07, 6.45) is 5.43. The molecule has 0 saturated heterocycles. The van der Waals surface area contributed by atoms with Gasteiger partial charge in [0.05, 0.1) is 5.69 Å². The van der Waals surface area contributed by atoms with Crippen molar-refractivity contribution in [3.05, 3.63) is 18.0 Å². The Hall–Kier alpha value is -0.830. The second kappa shape index (κ2) is 6.62. The van der Waals surface area contributed by atoms with Crippen LogP contribution < -0.4 is 5.32 Å². The Labute approximate surface area is 92.9 Å². The van der Waals surface area contributed by atoms with Crippen LogP contribution in [-0.2, 0) is 6.54 Å². The Morgan fingerprint density at radius 3 is 2.73 bits per heavy atom. The lowest BCUT2D eigenvalue weighted by molar-refractivity contribution is 0.454. The molecule has 1 heterocycles. The third-order valence-corrected chi connectivity index (χ3v) is 2.57. The molecular formula is C12H23N3. The van der Waals surface area contributed by atoms with Crippen molar-refractivity contribution in [3.63, 3.8) is 0 Å². The van der Waals surface area contributed by atoms with Crippen molar-refractivity contribution in [2.45, 2.75) is 52.6 Å². The van der Waals surface area contributed by atoms with E-state index in [0.29, 0.717) is 6.04 Å². The van der Waals surface area contributed by atoms with Gasteiger partial charge < -0.3 is 5.32 Å². The molecule has 0 aliphatic heterocycles. The molecule has 1 atom stereocenters. The van der Waals surface area contributed by atoms with Crippen LogP contribution in [0.25, 0.3) is 0 Å². The molecule has 3 heteroatoms. The summed E-state index contributed by atoms with van der Waals surface area (Å²) in [4.78, 5) is 0. The first-order valence-corrected chi connectivity index (χ1v) is 6.08. The summed E-state index contributed by atoms with van der Waals surface area (Å²) in [5.41, 5.74) is 1.33. The minimum atomic E-state index is 0.467. The Morgan fingerprint density at radius 2 is 2.13 bits per heavy atom. The quantitative estimate of drug-likeness (QED) is 0.748. The van der Waals surface area contributed by atoms with Crippen LogP contribution in [0.5, 0.6) is 0 Å². The van der Waals surface area contributed by atoms with Crippen molar-refractivity contribution in [2.24, 2.45) is 0 Å². The molecule has 1 unspecified atom stereocenters. The average Bonchev–Trinajstić information content (AvgIpc) is 2.66. The van der Waals surface area contributed by atoms with Crippen LogP contribution in [0.15, 0.2) is 12.3 Å². The molecule has 1 aromatic rings. The van der Waals surface area contributed by atoms with Crippen LogP contribution in [0.2, 0.25) is 0 Å².